The molecule has 3 N–H and O–H groups in total. The molecule has 94 valence electrons. The van der Waals surface area contributed by atoms with Crippen molar-refractivity contribution in [2.75, 3.05) is 5.73 Å². The zero-order valence-electron chi connectivity index (χ0n) is 9.54. The van der Waals surface area contributed by atoms with Gasteiger partial charge >= 0.3 is 5.69 Å². The molecule has 0 aliphatic carbocycles. The smallest absolute Gasteiger partial charge is 0.347 e. The molecule has 0 radical (unpaired) electrons. The average molecular weight is 265 g/mol. The molecule has 0 atom stereocenters. The van der Waals surface area contributed by atoms with E-state index in [9.17, 15) is 13.2 Å². The van der Waals surface area contributed by atoms with Crippen LogP contribution in [0.15, 0.2) is 44.9 Å². The quantitative estimate of drug-likeness (QED) is 0.822. The highest BCUT2D eigenvalue weighted by Crippen LogP contribution is 2.25. The number of H-pyrrole nitrogens is 1. The number of nitrogens with zero attached hydrogens (tertiary/aromatic N) is 1. The first-order chi connectivity index (χ1) is 8.43. The number of rotatable bonds is 2. The predicted octanol–water partition coefficient (Wildman–Crippen LogP) is 0.493. The van der Waals surface area contributed by atoms with Crippen LogP contribution >= 0.6 is 0 Å². The van der Waals surface area contributed by atoms with Gasteiger partial charge in [0.2, 0.25) is 9.84 Å². The SMILES string of the molecule is Cc1[nH]c(=O)nc(N)c1S(=O)(=O)c1ccccc1. The van der Waals surface area contributed by atoms with Crippen LogP contribution in [-0.4, -0.2) is 18.4 Å². The summed E-state index contributed by atoms with van der Waals surface area (Å²) in [5.41, 5.74) is 5.04. The summed E-state index contributed by atoms with van der Waals surface area (Å²) in [5, 5.41) is 0. The Kier molecular flexibility index (Phi) is 2.92. The fourth-order valence-electron chi connectivity index (χ4n) is 1.65. The number of aromatic amines is 1. The van der Waals surface area contributed by atoms with Gasteiger partial charge in [0.05, 0.1) is 4.90 Å². The Balaban J connectivity index is 2.74. The largest absolute Gasteiger partial charge is 0.382 e. The second-order valence-electron chi connectivity index (χ2n) is 3.70. The van der Waals surface area contributed by atoms with E-state index < -0.39 is 15.5 Å². The van der Waals surface area contributed by atoms with Gasteiger partial charge in [-0.25, -0.2) is 13.2 Å². The summed E-state index contributed by atoms with van der Waals surface area (Å²) in [7, 11) is -3.77. The molecule has 0 spiro atoms. The zero-order valence-corrected chi connectivity index (χ0v) is 10.4. The standard InChI is InChI=1S/C11H11N3O3S/c1-7-9(10(12)14-11(15)13-7)18(16,17)8-5-3-2-4-6-8/h2-6H,1H3,(H3,12,13,14,15). The Hall–Kier alpha value is -2.15. The van der Waals surface area contributed by atoms with E-state index in [1.54, 1.807) is 18.2 Å². The molecule has 7 heteroatoms. The average Bonchev–Trinajstić information content (AvgIpc) is 2.28. The number of anilines is 1. The normalized spacial score (nSPS) is 11.4. The van der Waals surface area contributed by atoms with Gasteiger partial charge in [-0.2, -0.15) is 4.98 Å². The third-order valence-corrected chi connectivity index (χ3v) is 4.36. The monoisotopic (exact) mass is 265 g/mol. The summed E-state index contributed by atoms with van der Waals surface area (Å²) in [6.45, 7) is 1.47. The molecule has 1 heterocycles. The van der Waals surface area contributed by atoms with Gasteiger partial charge in [0, 0.05) is 5.69 Å². The van der Waals surface area contributed by atoms with Crippen LogP contribution in [0.3, 0.4) is 0 Å². The Labute approximate surface area is 103 Å². The molecular formula is C11H11N3O3S. The van der Waals surface area contributed by atoms with Crippen molar-refractivity contribution in [3.05, 3.63) is 46.5 Å². The number of benzene rings is 1. The van der Waals surface area contributed by atoms with Crippen LogP contribution in [0.5, 0.6) is 0 Å². The van der Waals surface area contributed by atoms with Crippen molar-refractivity contribution in [2.45, 2.75) is 16.7 Å². The lowest BCUT2D eigenvalue weighted by molar-refractivity contribution is 0.594. The molecule has 1 aromatic carbocycles. The number of nitrogen functional groups attached to an aromatic ring is 1. The number of aryl methyl sites for hydroxylation is 1. The van der Waals surface area contributed by atoms with Gasteiger partial charge in [-0.1, -0.05) is 18.2 Å². The van der Waals surface area contributed by atoms with Gasteiger partial charge < -0.3 is 10.7 Å². The van der Waals surface area contributed by atoms with Crippen LogP contribution in [0.25, 0.3) is 0 Å². The second kappa shape index (κ2) is 4.26. The van der Waals surface area contributed by atoms with Gasteiger partial charge in [-0.15, -0.1) is 0 Å². The van der Waals surface area contributed by atoms with Crippen molar-refractivity contribution < 1.29 is 8.42 Å². The maximum Gasteiger partial charge on any atom is 0.347 e. The van der Waals surface area contributed by atoms with Crippen LogP contribution in [0, 0.1) is 6.92 Å². The van der Waals surface area contributed by atoms with E-state index in [1.165, 1.54) is 19.1 Å². The van der Waals surface area contributed by atoms with Crippen LogP contribution in [0.4, 0.5) is 5.82 Å². The number of aromatic nitrogens is 2. The minimum Gasteiger partial charge on any atom is -0.382 e. The molecule has 0 aliphatic rings. The molecule has 0 aliphatic heterocycles. The highest BCUT2D eigenvalue weighted by molar-refractivity contribution is 7.91. The molecule has 2 rings (SSSR count). The van der Waals surface area contributed by atoms with Gasteiger partial charge in [0.15, 0.2) is 0 Å². The Bertz CT molecular complexity index is 710. The van der Waals surface area contributed by atoms with Crippen molar-refractivity contribution in [1.29, 1.82) is 0 Å². The van der Waals surface area contributed by atoms with E-state index in [4.69, 9.17) is 5.73 Å². The van der Waals surface area contributed by atoms with Crippen LogP contribution < -0.4 is 11.4 Å². The van der Waals surface area contributed by atoms with E-state index in [0.29, 0.717) is 0 Å². The predicted molar refractivity (Wildman–Crippen MR) is 65.9 cm³/mol. The molecule has 6 nitrogen and oxygen atoms in total. The topological polar surface area (TPSA) is 106 Å². The molecule has 0 fully saturated rings. The van der Waals surface area contributed by atoms with E-state index in [0.717, 1.165) is 0 Å². The number of nitrogens with one attached hydrogen (secondary N) is 1. The molecule has 0 unspecified atom stereocenters. The number of sulfone groups is 1. The first-order valence-corrected chi connectivity index (χ1v) is 6.58. The van der Waals surface area contributed by atoms with Gasteiger partial charge in [-0.3, -0.25) is 0 Å². The number of hydrogen-bond acceptors (Lipinski definition) is 5. The lowest BCUT2D eigenvalue weighted by Gasteiger charge is -2.08. The minimum atomic E-state index is -3.77. The van der Waals surface area contributed by atoms with Gasteiger partial charge in [-0.05, 0) is 19.1 Å². The number of nitrogens with two attached hydrogens (primary N) is 1. The first kappa shape index (κ1) is 12.3. The summed E-state index contributed by atoms with van der Waals surface area (Å²) in [5.74, 6) is -0.292. The minimum absolute atomic E-state index is 0.105. The fraction of sp³-hybridized carbons (Fsp3) is 0.0909. The lowest BCUT2D eigenvalue weighted by Crippen LogP contribution is -2.19. The molecule has 2 aromatic rings. The first-order valence-electron chi connectivity index (χ1n) is 5.09. The van der Waals surface area contributed by atoms with Crippen molar-refractivity contribution in [2.24, 2.45) is 0 Å². The Morgan fingerprint density at radius 3 is 2.39 bits per heavy atom. The zero-order chi connectivity index (χ0) is 13.3. The number of hydrogen-bond donors (Lipinski definition) is 2. The lowest BCUT2D eigenvalue weighted by atomic mass is 10.4. The van der Waals surface area contributed by atoms with Crippen LogP contribution in [0.2, 0.25) is 0 Å². The third kappa shape index (κ3) is 2.00. The fourth-order valence-corrected chi connectivity index (χ4v) is 3.18. The molecule has 1 aromatic heterocycles. The molecule has 0 saturated carbocycles. The summed E-state index contributed by atoms with van der Waals surface area (Å²) in [6.07, 6.45) is 0. The highest BCUT2D eigenvalue weighted by atomic mass is 32.2. The van der Waals surface area contributed by atoms with Crippen LogP contribution in [-0.2, 0) is 9.84 Å². The van der Waals surface area contributed by atoms with Crippen molar-refractivity contribution in [1.82, 2.24) is 9.97 Å². The van der Waals surface area contributed by atoms with E-state index in [1.807, 2.05) is 0 Å². The van der Waals surface area contributed by atoms with E-state index in [-0.39, 0.29) is 21.3 Å². The van der Waals surface area contributed by atoms with E-state index >= 15 is 0 Å². The summed E-state index contributed by atoms with van der Waals surface area (Å²) >= 11 is 0. The Morgan fingerprint density at radius 1 is 1.22 bits per heavy atom. The molecular weight excluding hydrogens is 254 g/mol. The Morgan fingerprint density at radius 2 is 1.83 bits per heavy atom. The molecule has 0 saturated heterocycles. The van der Waals surface area contributed by atoms with Gasteiger partial charge in [0.1, 0.15) is 10.7 Å². The van der Waals surface area contributed by atoms with Crippen molar-refractivity contribution in [3.8, 4) is 0 Å². The molecule has 0 bridgehead atoms. The third-order valence-electron chi connectivity index (χ3n) is 2.41. The van der Waals surface area contributed by atoms with Gasteiger partial charge in [0.25, 0.3) is 0 Å². The highest BCUT2D eigenvalue weighted by Gasteiger charge is 2.24. The maximum absolute atomic E-state index is 12.3. The summed E-state index contributed by atoms with van der Waals surface area (Å²) < 4.78 is 24.7. The second-order valence-corrected chi connectivity index (χ2v) is 5.58. The molecule has 0 amide bonds. The van der Waals surface area contributed by atoms with Crippen LogP contribution in [0.1, 0.15) is 5.69 Å². The molecule has 18 heavy (non-hydrogen) atoms. The summed E-state index contributed by atoms with van der Waals surface area (Å²) in [4.78, 5) is 16.8. The maximum atomic E-state index is 12.3. The summed E-state index contributed by atoms with van der Waals surface area (Å²) in [6, 6.07) is 7.84. The van der Waals surface area contributed by atoms with Crippen molar-refractivity contribution in [3.63, 3.8) is 0 Å². The van der Waals surface area contributed by atoms with Crippen molar-refractivity contribution >= 4 is 15.7 Å². The van der Waals surface area contributed by atoms with E-state index in [2.05, 4.69) is 9.97 Å².